The number of aromatic nitrogens is 1. The summed E-state index contributed by atoms with van der Waals surface area (Å²) < 4.78 is 2.50. The van der Waals surface area contributed by atoms with Gasteiger partial charge in [0.2, 0.25) is 5.91 Å². The maximum Gasteiger partial charge on any atom is 0.223 e. The number of hydrogen-bond acceptors (Lipinski definition) is 1. The molecule has 0 fully saturated rings. The average Bonchev–Trinajstić information content (AvgIpc) is 3.15. The van der Waals surface area contributed by atoms with Crippen LogP contribution in [-0.4, -0.2) is 17.0 Å². The molecule has 33 heavy (non-hydrogen) atoms. The number of rotatable bonds is 6. The molecule has 0 saturated carbocycles. The van der Waals surface area contributed by atoms with Crippen molar-refractivity contribution in [1.82, 2.24) is 9.88 Å². The highest BCUT2D eigenvalue weighted by Crippen LogP contribution is 2.35. The summed E-state index contributed by atoms with van der Waals surface area (Å²) in [5.74, 6) is 0.246. The van der Waals surface area contributed by atoms with Crippen LogP contribution in [0.5, 0.6) is 0 Å². The standard InChI is InChI=1S/C30H32N2O/c1-21-12-13-22(2)25(18-21)20-32-28-11-7-6-10-26(28)27-19-24(14-15-29(27)32)30(33)31-17-16-23-8-4-3-5-9-23/h3-13,18,24H,14-17,19-20H2,1-2H3,(H,31,33). The van der Waals surface area contributed by atoms with Crippen molar-refractivity contribution in [3.8, 4) is 0 Å². The number of nitrogens with one attached hydrogen (secondary N) is 1. The van der Waals surface area contributed by atoms with E-state index in [1.165, 1.54) is 44.4 Å². The van der Waals surface area contributed by atoms with Crippen molar-refractivity contribution in [1.29, 1.82) is 0 Å². The Balaban J connectivity index is 1.36. The zero-order chi connectivity index (χ0) is 22.8. The molecule has 1 aliphatic carbocycles. The van der Waals surface area contributed by atoms with Crippen LogP contribution in [0.1, 0.15) is 39.9 Å². The quantitative estimate of drug-likeness (QED) is 0.409. The normalized spacial score (nSPS) is 15.4. The minimum absolute atomic E-state index is 0.0493. The van der Waals surface area contributed by atoms with Gasteiger partial charge in [0.1, 0.15) is 0 Å². The van der Waals surface area contributed by atoms with E-state index in [1.54, 1.807) is 0 Å². The Kier molecular flexibility index (Phi) is 6.04. The molecular weight excluding hydrogens is 404 g/mol. The van der Waals surface area contributed by atoms with Gasteiger partial charge in [-0.15, -0.1) is 0 Å². The van der Waals surface area contributed by atoms with Crippen LogP contribution >= 0.6 is 0 Å². The second-order valence-corrected chi connectivity index (χ2v) is 9.42. The Morgan fingerprint density at radius 3 is 2.64 bits per heavy atom. The first kappa shape index (κ1) is 21.5. The highest BCUT2D eigenvalue weighted by Gasteiger charge is 2.29. The molecule has 3 aromatic carbocycles. The number of carbonyl (C=O) groups is 1. The van der Waals surface area contributed by atoms with E-state index >= 15 is 0 Å². The summed E-state index contributed by atoms with van der Waals surface area (Å²) in [7, 11) is 0. The van der Waals surface area contributed by atoms with Crippen molar-refractivity contribution in [3.63, 3.8) is 0 Å². The third-order valence-electron chi connectivity index (χ3n) is 7.13. The predicted molar refractivity (Wildman–Crippen MR) is 136 cm³/mol. The summed E-state index contributed by atoms with van der Waals surface area (Å²) in [5, 5.41) is 4.50. The van der Waals surface area contributed by atoms with Gasteiger partial charge in [0.05, 0.1) is 0 Å². The topological polar surface area (TPSA) is 34.0 Å². The number of fused-ring (bicyclic) bond motifs is 3. The van der Waals surface area contributed by atoms with Crippen LogP contribution in [0.2, 0.25) is 0 Å². The van der Waals surface area contributed by atoms with E-state index in [0.717, 1.165) is 32.2 Å². The lowest BCUT2D eigenvalue weighted by Crippen LogP contribution is -2.35. The molecule has 4 aromatic rings. The zero-order valence-corrected chi connectivity index (χ0v) is 19.6. The molecule has 0 radical (unpaired) electrons. The molecule has 1 aliphatic rings. The van der Waals surface area contributed by atoms with Gasteiger partial charge < -0.3 is 9.88 Å². The largest absolute Gasteiger partial charge is 0.356 e. The predicted octanol–water partition coefficient (Wildman–Crippen LogP) is 5.77. The first-order chi connectivity index (χ1) is 16.1. The van der Waals surface area contributed by atoms with Crippen molar-refractivity contribution in [2.75, 3.05) is 6.54 Å². The first-order valence-corrected chi connectivity index (χ1v) is 12.1. The van der Waals surface area contributed by atoms with E-state index in [9.17, 15) is 4.79 Å². The summed E-state index contributed by atoms with van der Waals surface area (Å²) in [4.78, 5) is 13.0. The van der Waals surface area contributed by atoms with Gasteiger partial charge in [0.25, 0.3) is 0 Å². The van der Waals surface area contributed by atoms with Gasteiger partial charge >= 0.3 is 0 Å². The Bertz CT molecular complexity index is 1290. The molecule has 5 rings (SSSR count). The fraction of sp³-hybridized carbons (Fsp3) is 0.300. The van der Waals surface area contributed by atoms with Gasteiger partial charge in [0.15, 0.2) is 0 Å². The summed E-state index contributed by atoms with van der Waals surface area (Å²) in [5.41, 5.74) is 9.33. The summed E-state index contributed by atoms with van der Waals surface area (Å²) in [6.07, 6.45) is 3.56. The maximum absolute atomic E-state index is 13.0. The SMILES string of the molecule is Cc1ccc(C)c(Cn2c3c(c4ccccc42)CC(C(=O)NCCc2ccccc2)CC3)c1. The van der Waals surface area contributed by atoms with Gasteiger partial charge in [-0.05, 0) is 67.9 Å². The minimum Gasteiger partial charge on any atom is -0.356 e. The van der Waals surface area contributed by atoms with Gasteiger partial charge in [-0.25, -0.2) is 0 Å². The highest BCUT2D eigenvalue weighted by molar-refractivity contribution is 5.88. The smallest absolute Gasteiger partial charge is 0.223 e. The van der Waals surface area contributed by atoms with Crippen LogP contribution in [-0.2, 0) is 30.6 Å². The molecule has 1 amide bonds. The Labute approximate surface area is 196 Å². The lowest BCUT2D eigenvalue weighted by Gasteiger charge is -2.24. The fourth-order valence-electron chi connectivity index (χ4n) is 5.27. The second kappa shape index (κ2) is 9.27. The lowest BCUT2D eigenvalue weighted by molar-refractivity contribution is -0.125. The van der Waals surface area contributed by atoms with Gasteiger partial charge in [0, 0.05) is 35.6 Å². The molecule has 1 N–H and O–H groups in total. The third kappa shape index (κ3) is 4.45. The number of carbonyl (C=O) groups excluding carboxylic acids is 1. The van der Waals surface area contributed by atoms with Crippen LogP contribution in [0.3, 0.4) is 0 Å². The van der Waals surface area contributed by atoms with Crippen molar-refractivity contribution >= 4 is 16.8 Å². The van der Waals surface area contributed by atoms with Crippen molar-refractivity contribution in [2.24, 2.45) is 5.92 Å². The maximum atomic E-state index is 13.0. The van der Waals surface area contributed by atoms with E-state index in [1.807, 2.05) is 18.2 Å². The average molecular weight is 437 g/mol. The van der Waals surface area contributed by atoms with Crippen LogP contribution in [0, 0.1) is 19.8 Å². The number of nitrogens with zero attached hydrogens (tertiary/aromatic N) is 1. The summed E-state index contributed by atoms with van der Waals surface area (Å²) in [6, 6.07) is 25.8. The highest BCUT2D eigenvalue weighted by atomic mass is 16.1. The van der Waals surface area contributed by atoms with Gasteiger partial charge in [-0.2, -0.15) is 0 Å². The molecule has 0 bridgehead atoms. The van der Waals surface area contributed by atoms with Crippen LogP contribution in [0.15, 0.2) is 72.8 Å². The molecule has 0 spiro atoms. The molecule has 1 unspecified atom stereocenters. The first-order valence-electron chi connectivity index (χ1n) is 12.1. The van der Waals surface area contributed by atoms with Crippen molar-refractivity contribution in [3.05, 3.63) is 106 Å². The third-order valence-corrected chi connectivity index (χ3v) is 7.13. The fourth-order valence-corrected chi connectivity index (χ4v) is 5.27. The molecule has 3 nitrogen and oxygen atoms in total. The zero-order valence-electron chi connectivity index (χ0n) is 19.6. The number of hydrogen-bond donors (Lipinski definition) is 1. The van der Waals surface area contributed by atoms with E-state index in [4.69, 9.17) is 0 Å². The summed E-state index contributed by atoms with van der Waals surface area (Å²) >= 11 is 0. The van der Waals surface area contributed by atoms with E-state index in [2.05, 4.69) is 78.3 Å². The second-order valence-electron chi connectivity index (χ2n) is 9.42. The van der Waals surface area contributed by atoms with E-state index in [-0.39, 0.29) is 11.8 Å². The van der Waals surface area contributed by atoms with E-state index < -0.39 is 0 Å². The van der Waals surface area contributed by atoms with Gasteiger partial charge in [-0.3, -0.25) is 4.79 Å². The number of aryl methyl sites for hydroxylation is 2. The number of amides is 1. The van der Waals surface area contributed by atoms with E-state index in [0.29, 0.717) is 6.54 Å². The van der Waals surface area contributed by atoms with Crippen LogP contribution in [0.25, 0.3) is 10.9 Å². The summed E-state index contributed by atoms with van der Waals surface area (Å²) in [6.45, 7) is 5.94. The van der Waals surface area contributed by atoms with Gasteiger partial charge in [-0.1, -0.05) is 72.3 Å². The molecule has 3 heteroatoms. The molecule has 0 saturated heterocycles. The lowest BCUT2D eigenvalue weighted by atomic mass is 9.85. The molecule has 1 atom stereocenters. The Hall–Kier alpha value is -3.33. The molecule has 168 valence electrons. The minimum atomic E-state index is 0.0493. The van der Waals surface area contributed by atoms with Crippen LogP contribution < -0.4 is 5.32 Å². The number of benzene rings is 3. The Morgan fingerprint density at radius 1 is 1.00 bits per heavy atom. The Morgan fingerprint density at radius 2 is 1.79 bits per heavy atom. The van der Waals surface area contributed by atoms with Crippen molar-refractivity contribution in [2.45, 2.75) is 46.1 Å². The van der Waals surface area contributed by atoms with Crippen LogP contribution in [0.4, 0.5) is 0 Å². The molecular formula is C30H32N2O. The molecule has 1 heterocycles. The monoisotopic (exact) mass is 436 g/mol. The molecule has 1 aromatic heterocycles. The molecule has 0 aliphatic heterocycles. The van der Waals surface area contributed by atoms with Crippen molar-refractivity contribution < 1.29 is 4.79 Å². The number of para-hydroxylation sites is 1.